The van der Waals surface area contributed by atoms with Gasteiger partial charge in [-0.2, -0.15) is 0 Å². The van der Waals surface area contributed by atoms with Gasteiger partial charge in [-0.1, -0.05) is 66.7 Å². The molecule has 0 aliphatic heterocycles. The maximum absolute atomic E-state index is 2.60. The Morgan fingerprint density at radius 1 is 1.06 bits per heavy atom. The summed E-state index contributed by atoms with van der Waals surface area (Å²) in [5, 5.41) is 0. The van der Waals surface area contributed by atoms with Crippen molar-refractivity contribution in [2.24, 2.45) is 23.2 Å². The molecule has 18 heavy (non-hydrogen) atoms. The van der Waals surface area contributed by atoms with Gasteiger partial charge in [-0.05, 0) is 48.9 Å². The summed E-state index contributed by atoms with van der Waals surface area (Å²) in [6.45, 7) is 12.2. The van der Waals surface area contributed by atoms with E-state index >= 15 is 0 Å². The normalized spacial score (nSPS) is 22.5. The van der Waals surface area contributed by atoms with E-state index in [-0.39, 0.29) is 0 Å². The van der Waals surface area contributed by atoms with Gasteiger partial charge in [-0.25, -0.2) is 0 Å². The number of rotatable bonds is 10. The van der Waals surface area contributed by atoms with Crippen molar-refractivity contribution in [1.82, 2.24) is 0 Å². The highest BCUT2D eigenvalue weighted by Crippen LogP contribution is 2.54. The summed E-state index contributed by atoms with van der Waals surface area (Å²) in [7, 11) is 0. The van der Waals surface area contributed by atoms with E-state index in [9.17, 15) is 0 Å². The molecule has 0 N–H and O–H groups in total. The molecular weight excluding hydrogens is 216 g/mol. The topological polar surface area (TPSA) is 0 Å². The number of unbranched alkanes of at least 4 members (excludes halogenated alkanes) is 3. The molecule has 1 rings (SSSR count). The van der Waals surface area contributed by atoms with Crippen LogP contribution in [0.5, 0.6) is 0 Å². The molecule has 0 aromatic carbocycles. The van der Waals surface area contributed by atoms with E-state index in [1.165, 1.54) is 57.8 Å². The third-order valence-electron chi connectivity index (χ3n) is 5.66. The lowest BCUT2D eigenvalue weighted by Gasteiger charge is -2.38. The fourth-order valence-electron chi connectivity index (χ4n) is 3.57. The van der Waals surface area contributed by atoms with Gasteiger partial charge in [0.15, 0.2) is 0 Å². The molecule has 0 radical (unpaired) electrons. The van der Waals surface area contributed by atoms with Crippen LogP contribution in [-0.4, -0.2) is 0 Å². The molecule has 0 heteroatoms. The van der Waals surface area contributed by atoms with Crippen LogP contribution in [0.2, 0.25) is 0 Å². The average molecular weight is 252 g/mol. The molecule has 0 bridgehead atoms. The summed E-state index contributed by atoms with van der Waals surface area (Å²) in [4.78, 5) is 0. The smallest absolute Gasteiger partial charge is 0.0272 e. The largest absolute Gasteiger partial charge is 0.0654 e. The first-order chi connectivity index (χ1) is 8.54. The van der Waals surface area contributed by atoms with Crippen LogP contribution >= 0.6 is 0 Å². The molecule has 3 atom stereocenters. The van der Waals surface area contributed by atoms with Gasteiger partial charge in [-0.15, -0.1) is 0 Å². The van der Waals surface area contributed by atoms with E-state index in [1.807, 2.05) is 0 Å². The molecule has 108 valence electrons. The molecule has 0 saturated heterocycles. The number of hydrogen-bond donors (Lipinski definition) is 0. The van der Waals surface area contributed by atoms with Crippen molar-refractivity contribution in [3.05, 3.63) is 0 Å². The molecule has 0 amide bonds. The third kappa shape index (κ3) is 4.59. The zero-order valence-electron chi connectivity index (χ0n) is 13.6. The predicted octanol–water partition coefficient (Wildman–Crippen LogP) is 6.45. The van der Waals surface area contributed by atoms with Crippen molar-refractivity contribution in [3.8, 4) is 0 Å². The van der Waals surface area contributed by atoms with Crippen LogP contribution in [0, 0.1) is 23.2 Å². The van der Waals surface area contributed by atoms with Crippen molar-refractivity contribution in [3.63, 3.8) is 0 Å². The van der Waals surface area contributed by atoms with E-state index in [1.54, 1.807) is 0 Å². The Bertz CT molecular complexity index is 216. The first kappa shape index (κ1) is 16.1. The van der Waals surface area contributed by atoms with Gasteiger partial charge < -0.3 is 0 Å². The lowest BCUT2D eigenvalue weighted by atomic mass is 9.67. The summed E-state index contributed by atoms with van der Waals surface area (Å²) in [5.74, 6) is 2.88. The summed E-state index contributed by atoms with van der Waals surface area (Å²) in [5.41, 5.74) is 0.650. The SMILES string of the molecule is CCCCCCC(C)(C(C)CC(C)CC)C1CC1. The van der Waals surface area contributed by atoms with E-state index in [2.05, 4.69) is 34.6 Å². The summed E-state index contributed by atoms with van der Waals surface area (Å²) in [6.07, 6.45) is 13.0. The zero-order chi connectivity index (χ0) is 13.6. The second-order valence-electron chi connectivity index (χ2n) is 7.24. The summed E-state index contributed by atoms with van der Waals surface area (Å²) < 4.78 is 0. The highest BCUT2D eigenvalue weighted by Gasteiger charge is 2.44. The van der Waals surface area contributed by atoms with Crippen LogP contribution in [0.4, 0.5) is 0 Å². The van der Waals surface area contributed by atoms with E-state index < -0.39 is 0 Å². The van der Waals surface area contributed by atoms with Crippen molar-refractivity contribution < 1.29 is 0 Å². The van der Waals surface area contributed by atoms with Crippen molar-refractivity contribution >= 4 is 0 Å². The van der Waals surface area contributed by atoms with Gasteiger partial charge in [0, 0.05) is 0 Å². The Labute approximate surface area is 116 Å². The monoisotopic (exact) mass is 252 g/mol. The second-order valence-corrected chi connectivity index (χ2v) is 7.24. The van der Waals surface area contributed by atoms with Crippen molar-refractivity contribution in [2.75, 3.05) is 0 Å². The Morgan fingerprint density at radius 2 is 1.72 bits per heavy atom. The van der Waals surface area contributed by atoms with Gasteiger partial charge in [0.1, 0.15) is 0 Å². The van der Waals surface area contributed by atoms with Crippen LogP contribution in [0.25, 0.3) is 0 Å². The molecule has 0 heterocycles. The maximum atomic E-state index is 2.60. The minimum atomic E-state index is 0.650. The van der Waals surface area contributed by atoms with Crippen LogP contribution in [0.1, 0.15) is 92.4 Å². The standard InChI is InChI=1S/C18H36/c1-6-8-9-10-13-18(5,17-11-12-17)16(4)14-15(3)7-2/h15-17H,6-14H2,1-5H3. The average Bonchev–Trinajstić information content (AvgIpc) is 3.18. The molecular formula is C18H36. The van der Waals surface area contributed by atoms with Crippen LogP contribution in [0.3, 0.4) is 0 Å². The molecule has 0 spiro atoms. The van der Waals surface area contributed by atoms with Gasteiger partial charge in [-0.3, -0.25) is 0 Å². The highest BCUT2D eigenvalue weighted by molar-refractivity contribution is 4.94. The Morgan fingerprint density at radius 3 is 2.22 bits per heavy atom. The van der Waals surface area contributed by atoms with Gasteiger partial charge in [0.2, 0.25) is 0 Å². The second kappa shape index (κ2) is 7.56. The van der Waals surface area contributed by atoms with E-state index in [0.29, 0.717) is 5.41 Å². The summed E-state index contributed by atoms with van der Waals surface area (Å²) in [6, 6.07) is 0. The Balaban J connectivity index is 2.45. The molecule has 1 fully saturated rings. The molecule has 0 aromatic heterocycles. The van der Waals surface area contributed by atoms with Crippen molar-refractivity contribution in [2.45, 2.75) is 92.4 Å². The van der Waals surface area contributed by atoms with Gasteiger partial charge in [0.05, 0.1) is 0 Å². The zero-order valence-corrected chi connectivity index (χ0v) is 13.6. The Kier molecular flexibility index (Phi) is 6.74. The first-order valence-electron chi connectivity index (χ1n) is 8.54. The fraction of sp³-hybridized carbons (Fsp3) is 1.00. The fourth-order valence-corrected chi connectivity index (χ4v) is 3.57. The minimum absolute atomic E-state index is 0.650. The quantitative estimate of drug-likeness (QED) is 0.392. The van der Waals surface area contributed by atoms with E-state index in [0.717, 1.165) is 17.8 Å². The van der Waals surface area contributed by atoms with Crippen LogP contribution < -0.4 is 0 Å². The lowest BCUT2D eigenvalue weighted by molar-refractivity contribution is 0.120. The number of hydrogen-bond acceptors (Lipinski definition) is 0. The predicted molar refractivity (Wildman–Crippen MR) is 82.8 cm³/mol. The maximum Gasteiger partial charge on any atom is -0.0272 e. The Hall–Kier alpha value is 0. The third-order valence-corrected chi connectivity index (χ3v) is 5.66. The van der Waals surface area contributed by atoms with Gasteiger partial charge >= 0.3 is 0 Å². The first-order valence-corrected chi connectivity index (χ1v) is 8.54. The molecule has 3 unspecified atom stereocenters. The van der Waals surface area contributed by atoms with Crippen molar-refractivity contribution in [1.29, 1.82) is 0 Å². The van der Waals surface area contributed by atoms with E-state index in [4.69, 9.17) is 0 Å². The summed E-state index contributed by atoms with van der Waals surface area (Å²) >= 11 is 0. The highest BCUT2D eigenvalue weighted by atomic mass is 14.5. The minimum Gasteiger partial charge on any atom is -0.0654 e. The molecule has 0 aromatic rings. The molecule has 0 nitrogen and oxygen atoms in total. The molecule has 1 aliphatic carbocycles. The molecule has 1 aliphatic rings. The van der Waals surface area contributed by atoms with Crippen LogP contribution in [0.15, 0.2) is 0 Å². The van der Waals surface area contributed by atoms with Gasteiger partial charge in [0.25, 0.3) is 0 Å². The van der Waals surface area contributed by atoms with Crippen LogP contribution in [-0.2, 0) is 0 Å². The lowest BCUT2D eigenvalue weighted by Crippen LogP contribution is -2.29. The molecule has 1 saturated carbocycles.